The molecule has 0 bridgehead atoms. The Bertz CT molecular complexity index is 669. The number of hydrogen-bond acceptors (Lipinski definition) is 4. The number of nitrogens with two attached hydrogens (primary N) is 1. The third-order valence-corrected chi connectivity index (χ3v) is 3.95. The molecule has 6 heteroatoms. The fraction of sp³-hybridized carbons (Fsp3) is 0.375. The van der Waals surface area contributed by atoms with Crippen LogP contribution >= 0.6 is 12.4 Å². The van der Waals surface area contributed by atoms with Crippen molar-refractivity contribution in [3.63, 3.8) is 0 Å². The highest BCUT2D eigenvalue weighted by atomic mass is 35.5. The fourth-order valence-electron chi connectivity index (χ4n) is 2.67. The first-order valence-corrected chi connectivity index (χ1v) is 7.17. The van der Waals surface area contributed by atoms with Gasteiger partial charge in [0.05, 0.1) is 17.8 Å². The molecule has 0 radical (unpaired) electrons. The van der Waals surface area contributed by atoms with Crippen LogP contribution in [0.5, 0.6) is 0 Å². The zero-order valence-corrected chi connectivity index (χ0v) is 13.4. The summed E-state index contributed by atoms with van der Waals surface area (Å²) in [4.78, 5) is 12.2. The van der Waals surface area contributed by atoms with Crippen LogP contribution in [-0.2, 0) is 6.42 Å². The molecule has 0 spiro atoms. The molecule has 1 aliphatic carbocycles. The van der Waals surface area contributed by atoms with Crippen LogP contribution in [0, 0.1) is 0 Å². The average Bonchev–Trinajstić information content (AvgIpc) is 3.06. The van der Waals surface area contributed by atoms with Gasteiger partial charge in [-0.25, -0.2) is 0 Å². The Morgan fingerprint density at radius 1 is 1.41 bits per heavy atom. The number of halogens is 1. The van der Waals surface area contributed by atoms with E-state index in [1.54, 1.807) is 6.07 Å². The van der Waals surface area contributed by atoms with Crippen molar-refractivity contribution in [1.29, 1.82) is 0 Å². The second-order valence-electron chi connectivity index (χ2n) is 5.78. The van der Waals surface area contributed by atoms with Crippen LogP contribution in [0.3, 0.4) is 0 Å². The minimum Gasteiger partial charge on any atom is -0.351 e. The predicted octanol–water partition coefficient (Wildman–Crippen LogP) is 2.57. The number of carbonyl (C=O) groups excluding carboxylic acids is 1. The lowest BCUT2D eigenvalue weighted by Crippen LogP contribution is -2.40. The summed E-state index contributed by atoms with van der Waals surface area (Å²) >= 11 is 0. The first-order valence-electron chi connectivity index (χ1n) is 7.17. The summed E-state index contributed by atoms with van der Waals surface area (Å²) < 4.78 is 5.11. The number of carbonyl (C=O) groups is 1. The van der Waals surface area contributed by atoms with Crippen molar-refractivity contribution in [2.45, 2.75) is 38.3 Å². The van der Waals surface area contributed by atoms with E-state index in [9.17, 15) is 4.79 Å². The minimum absolute atomic E-state index is 0. The number of fused-ring (bicyclic) bond motifs is 1. The summed E-state index contributed by atoms with van der Waals surface area (Å²) in [6, 6.07) is 9.41. The lowest BCUT2D eigenvalue weighted by Gasteiger charge is -2.16. The molecular weight excluding hydrogens is 302 g/mol. The molecule has 1 aliphatic rings. The second-order valence-corrected chi connectivity index (χ2v) is 5.78. The maximum Gasteiger partial charge on any atom is 0.290 e. The molecule has 0 unspecified atom stereocenters. The van der Waals surface area contributed by atoms with Gasteiger partial charge in [-0.3, -0.25) is 4.79 Å². The third kappa shape index (κ3) is 3.00. The SMILES string of the molecule is CC(C)c1cc(C(=O)N[C@H]2Cc3ccccc3[C@@H]2N)on1.Cl. The van der Waals surface area contributed by atoms with Crippen LogP contribution in [0.2, 0.25) is 0 Å². The van der Waals surface area contributed by atoms with Crippen LogP contribution in [-0.4, -0.2) is 17.1 Å². The zero-order chi connectivity index (χ0) is 15.0. The Kier molecular flexibility index (Phi) is 4.88. The summed E-state index contributed by atoms with van der Waals surface area (Å²) in [5.41, 5.74) is 9.28. The molecule has 0 aliphatic heterocycles. The Labute approximate surface area is 135 Å². The molecule has 118 valence electrons. The van der Waals surface area contributed by atoms with Crippen LogP contribution in [0.25, 0.3) is 0 Å². The van der Waals surface area contributed by atoms with Crippen LogP contribution in [0.15, 0.2) is 34.9 Å². The van der Waals surface area contributed by atoms with Crippen LogP contribution in [0.1, 0.15) is 53.2 Å². The van der Waals surface area contributed by atoms with Gasteiger partial charge in [0.15, 0.2) is 0 Å². The highest BCUT2D eigenvalue weighted by Crippen LogP contribution is 2.29. The maximum absolute atomic E-state index is 12.2. The Hall–Kier alpha value is -1.85. The van der Waals surface area contributed by atoms with E-state index in [0.717, 1.165) is 17.7 Å². The normalized spacial score (nSPS) is 19.6. The van der Waals surface area contributed by atoms with Crippen molar-refractivity contribution in [2.75, 3.05) is 0 Å². The molecule has 1 amide bonds. The molecule has 0 fully saturated rings. The van der Waals surface area contributed by atoms with E-state index in [2.05, 4.69) is 10.5 Å². The quantitative estimate of drug-likeness (QED) is 0.910. The van der Waals surface area contributed by atoms with E-state index < -0.39 is 0 Å². The number of rotatable bonds is 3. The summed E-state index contributed by atoms with van der Waals surface area (Å²) in [5.74, 6) is 0.206. The highest BCUT2D eigenvalue weighted by molar-refractivity contribution is 5.91. The predicted molar refractivity (Wildman–Crippen MR) is 86.2 cm³/mol. The smallest absolute Gasteiger partial charge is 0.290 e. The average molecular weight is 322 g/mol. The van der Waals surface area contributed by atoms with Gasteiger partial charge in [-0.1, -0.05) is 43.3 Å². The number of aromatic nitrogens is 1. The summed E-state index contributed by atoms with van der Waals surface area (Å²) in [6.07, 6.45) is 0.744. The largest absolute Gasteiger partial charge is 0.351 e. The van der Waals surface area contributed by atoms with Crippen molar-refractivity contribution in [3.05, 3.63) is 52.9 Å². The number of benzene rings is 1. The van der Waals surface area contributed by atoms with E-state index >= 15 is 0 Å². The van der Waals surface area contributed by atoms with Crippen LogP contribution in [0.4, 0.5) is 0 Å². The number of amides is 1. The molecule has 0 saturated heterocycles. The van der Waals surface area contributed by atoms with Gasteiger partial charge in [-0.2, -0.15) is 0 Å². The lowest BCUT2D eigenvalue weighted by atomic mass is 10.1. The van der Waals surface area contributed by atoms with Gasteiger partial charge < -0.3 is 15.6 Å². The van der Waals surface area contributed by atoms with E-state index in [1.807, 2.05) is 38.1 Å². The van der Waals surface area contributed by atoms with Crippen molar-refractivity contribution in [2.24, 2.45) is 5.73 Å². The molecule has 1 heterocycles. The van der Waals surface area contributed by atoms with Crippen molar-refractivity contribution >= 4 is 18.3 Å². The third-order valence-electron chi connectivity index (χ3n) is 3.95. The van der Waals surface area contributed by atoms with E-state index in [4.69, 9.17) is 10.3 Å². The van der Waals surface area contributed by atoms with E-state index in [1.165, 1.54) is 5.56 Å². The zero-order valence-electron chi connectivity index (χ0n) is 12.6. The van der Waals surface area contributed by atoms with Gasteiger partial charge in [-0.05, 0) is 23.5 Å². The molecule has 3 rings (SSSR count). The van der Waals surface area contributed by atoms with Crippen molar-refractivity contribution in [1.82, 2.24) is 10.5 Å². The molecular formula is C16H20ClN3O2. The summed E-state index contributed by atoms with van der Waals surface area (Å²) in [5, 5.41) is 6.85. The van der Waals surface area contributed by atoms with Crippen molar-refractivity contribution in [3.8, 4) is 0 Å². The molecule has 1 aromatic heterocycles. The van der Waals surface area contributed by atoms with Gasteiger partial charge in [0, 0.05) is 6.07 Å². The van der Waals surface area contributed by atoms with Crippen LogP contribution < -0.4 is 11.1 Å². The highest BCUT2D eigenvalue weighted by Gasteiger charge is 2.31. The molecule has 22 heavy (non-hydrogen) atoms. The maximum atomic E-state index is 12.2. The Morgan fingerprint density at radius 3 is 2.77 bits per heavy atom. The molecule has 3 N–H and O–H groups in total. The number of nitrogens with zero attached hydrogens (tertiary/aromatic N) is 1. The van der Waals surface area contributed by atoms with Gasteiger partial charge in [0.2, 0.25) is 5.76 Å². The molecule has 1 aromatic carbocycles. The molecule has 2 atom stereocenters. The first-order chi connectivity index (χ1) is 10.1. The molecule has 5 nitrogen and oxygen atoms in total. The lowest BCUT2D eigenvalue weighted by molar-refractivity contribution is 0.0896. The van der Waals surface area contributed by atoms with Gasteiger partial charge in [-0.15, -0.1) is 12.4 Å². The fourth-order valence-corrected chi connectivity index (χ4v) is 2.67. The topological polar surface area (TPSA) is 81.2 Å². The van der Waals surface area contributed by atoms with Gasteiger partial charge in [0.25, 0.3) is 5.91 Å². The standard InChI is InChI=1S/C16H19N3O2.ClH/c1-9(2)12-8-14(21-19-12)16(20)18-13-7-10-5-3-4-6-11(10)15(13)17;/h3-6,8-9,13,15H,7,17H2,1-2H3,(H,18,20);1H/t13-,15-;/m0./s1. The number of nitrogens with one attached hydrogen (secondary N) is 1. The number of hydrogen-bond donors (Lipinski definition) is 2. The van der Waals surface area contributed by atoms with Gasteiger partial charge in [0.1, 0.15) is 0 Å². The van der Waals surface area contributed by atoms with E-state index in [-0.39, 0.29) is 42.1 Å². The second kappa shape index (κ2) is 6.50. The minimum atomic E-state index is -0.261. The van der Waals surface area contributed by atoms with E-state index in [0.29, 0.717) is 0 Å². The Morgan fingerprint density at radius 2 is 2.14 bits per heavy atom. The monoisotopic (exact) mass is 321 g/mol. The first kappa shape index (κ1) is 16.5. The summed E-state index contributed by atoms with van der Waals surface area (Å²) in [7, 11) is 0. The molecule has 2 aromatic rings. The Balaban J connectivity index is 0.00000176. The molecule has 0 saturated carbocycles. The van der Waals surface area contributed by atoms with Crippen molar-refractivity contribution < 1.29 is 9.32 Å². The van der Waals surface area contributed by atoms with Gasteiger partial charge >= 0.3 is 0 Å². The summed E-state index contributed by atoms with van der Waals surface area (Å²) in [6.45, 7) is 4.01.